The Balaban J connectivity index is 0.000000821. The number of aliphatic carboxylic acids is 1. The van der Waals surface area contributed by atoms with Crippen LogP contribution in [0.15, 0.2) is 65.3 Å². The third kappa shape index (κ3) is 9.86. The van der Waals surface area contributed by atoms with Crippen molar-refractivity contribution in [3.63, 3.8) is 0 Å². The lowest BCUT2D eigenvalue weighted by Crippen LogP contribution is -2.49. The number of aromatic nitrogens is 1. The maximum atomic E-state index is 13.7. The predicted molar refractivity (Wildman–Crippen MR) is 144 cm³/mol. The number of pyridine rings is 1. The molecule has 0 fully saturated rings. The van der Waals surface area contributed by atoms with Gasteiger partial charge in [-0.3, -0.25) is 19.5 Å². The van der Waals surface area contributed by atoms with Gasteiger partial charge in [-0.05, 0) is 62.1 Å². The molecule has 2 N–H and O–H groups in total. The van der Waals surface area contributed by atoms with E-state index in [-0.39, 0.29) is 5.41 Å². The summed E-state index contributed by atoms with van der Waals surface area (Å²) in [4.78, 5) is 41.4. The lowest BCUT2D eigenvalue weighted by Gasteiger charge is -2.33. The minimum absolute atomic E-state index is 0.178. The van der Waals surface area contributed by atoms with E-state index in [9.17, 15) is 35.9 Å². The second-order valence-corrected chi connectivity index (χ2v) is 11.4. The maximum Gasteiger partial charge on any atom is 0.490 e. The number of nitrogens with one attached hydrogen (secondary N) is 1. The molecule has 0 spiro atoms. The first kappa shape index (κ1) is 34.8. The van der Waals surface area contributed by atoms with Crippen molar-refractivity contribution in [2.24, 2.45) is 0 Å². The summed E-state index contributed by atoms with van der Waals surface area (Å²) in [5.74, 6) is -6.02. The smallest absolute Gasteiger partial charge is 0.475 e. The van der Waals surface area contributed by atoms with Crippen molar-refractivity contribution in [1.82, 2.24) is 10.3 Å². The van der Waals surface area contributed by atoms with Gasteiger partial charge in [-0.25, -0.2) is 4.79 Å². The molecule has 0 radical (unpaired) electrons. The lowest BCUT2D eigenvalue weighted by atomic mass is 9.87. The summed E-state index contributed by atoms with van der Waals surface area (Å²) in [6.45, 7) is 11.5. The number of carbonyl (C=O) groups excluding carboxylic acids is 2. The van der Waals surface area contributed by atoms with E-state index in [1.807, 2.05) is 32.9 Å². The zero-order valence-electron chi connectivity index (χ0n) is 24.1. The van der Waals surface area contributed by atoms with Gasteiger partial charge in [-0.1, -0.05) is 39.0 Å². The Bertz CT molecular complexity index is 1400. The Morgan fingerprint density at radius 1 is 0.884 bits per heavy atom. The number of nitrogens with zero attached hydrogens (tertiary/aromatic N) is 2. The molecule has 8 nitrogen and oxygen atoms in total. The van der Waals surface area contributed by atoms with E-state index in [1.165, 1.54) is 12.4 Å². The molecule has 234 valence electrons. The Hall–Kier alpha value is -4.36. The number of carboxylic acids is 1. The van der Waals surface area contributed by atoms with E-state index in [0.29, 0.717) is 17.3 Å². The number of rotatable bonds is 5. The number of carboxylic acid groups (broad SMARTS) is 1. The molecule has 14 heteroatoms. The number of anilines is 1. The van der Waals surface area contributed by atoms with Crippen molar-refractivity contribution >= 4 is 23.5 Å². The average molecular weight is 616 g/mol. The van der Waals surface area contributed by atoms with Crippen LogP contribution in [0.3, 0.4) is 0 Å². The van der Waals surface area contributed by atoms with Crippen molar-refractivity contribution in [2.75, 3.05) is 4.90 Å². The summed E-state index contributed by atoms with van der Waals surface area (Å²) in [5, 5.41) is 9.99. The highest BCUT2D eigenvalue weighted by Gasteiger charge is 2.40. The zero-order chi connectivity index (χ0) is 33.0. The molecular weight excluding hydrogens is 584 g/mol. The van der Waals surface area contributed by atoms with E-state index < -0.39 is 53.2 Å². The maximum absolute atomic E-state index is 13.7. The van der Waals surface area contributed by atoms with Gasteiger partial charge in [0, 0.05) is 29.2 Å². The fourth-order valence-electron chi connectivity index (χ4n) is 3.62. The molecule has 3 rings (SSSR count). The molecule has 2 heterocycles. The lowest BCUT2D eigenvalue weighted by molar-refractivity contribution is -0.192. The zero-order valence-corrected chi connectivity index (χ0v) is 24.1. The van der Waals surface area contributed by atoms with Gasteiger partial charge in [-0.2, -0.15) is 26.3 Å². The van der Waals surface area contributed by atoms with Crippen molar-refractivity contribution in [1.29, 1.82) is 0 Å². The van der Waals surface area contributed by atoms with E-state index in [2.05, 4.69) is 10.3 Å². The Labute approximate surface area is 243 Å². The first-order valence-electron chi connectivity index (χ1n) is 12.7. The van der Waals surface area contributed by atoms with Gasteiger partial charge in [-0.15, -0.1) is 0 Å². The Morgan fingerprint density at radius 2 is 1.44 bits per heavy atom. The topological polar surface area (TPSA) is 113 Å². The summed E-state index contributed by atoms with van der Waals surface area (Å²) in [7, 11) is 0. The molecular formula is C29H31F6N3O5. The third-order valence-electron chi connectivity index (χ3n) is 5.57. The molecule has 1 atom stereocenters. The van der Waals surface area contributed by atoms with Crippen LogP contribution >= 0.6 is 0 Å². The molecule has 43 heavy (non-hydrogen) atoms. The molecule has 0 aliphatic heterocycles. The van der Waals surface area contributed by atoms with Crippen LogP contribution in [0.4, 0.5) is 32.0 Å². The van der Waals surface area contributed by atoms with Crippen LogP contribution in [0, 0.1) is 0 Å². The van der Waals surface area contributed by atoms with Crippen molar-refractivity contribution < 1.29 is 50.2 Å². The third-order valence-corrected chi connectivity index (χ3v) is 5.57. The number of hydrogen-bond acceptors (Lipinski definition) is 5. The van der Waals surface area contributed by atoms with Crippen molar-refractivity contribution in [3.05, 3.63) is 83.6 Å². The molecule has 1 aromatic carbocycles. The average Bonchev–Trinajstić information content (AvgIpc) is 3.37. The number of hydrogen-bond donors (Lipinski definition) is 2. The molecule has 0 bridgehead atoms. The number of carbonyl (C=O) groups is 3. The van der Waals surface area contributed by atoms with Crippen LogP contribution in [0.2, 0.25) is 0 Å². The standard InChI is InChI=1S/C27H30F3N3O3.C2HF3O2/c1-25(2,3)18-9-11-19(12-10-18)33(24(35)20-13-14-21(36-20)27(28,29)30)22(17-8-7-15-31-16-17)23(34)32-26(4,5)6;3-2(4,5)1(6)7/h7-16,22H,1-6H3,(H,32,34);(H,6,7). The molecule has 0 saturated heterocycles. The molecule has 1 unspecified atom stereocenters. The molecule has 0 aliphatic rings. The molecule has 2 amide bonds. The van der Waals surface area contributed by atoms with Gasteiger partial charge >= 0.3 is 18.3 Å². The van der Waals surface area contributed by atoms with Gasteiger partial charge in [0.15, 0.2) is 5.76 Å². The quantitative estimate of drug-likeness (QED) is 0.301. The summed E-state index contributed by atoms with van der Waals surface area (Å²) in [6.07, 6.45) is -6.88. The van der Waals surface area contributed by atoms with Crippen LogP contribution in [0.25, 0.3) is 0 Å². The highest BCUT2D eigenvalue weighted by atomic mass is 19.4. The monoisotopic (exact) mass is 615 g/mol. The number of alkyl halides is 6. The van der Waals surface area contributed by atoms with E-state index in [4.69, 9.17) is 14.3 Å². The van der Waals surface area contributed by atoms with Crippen molar-refractivity contribution in [3.8, 4) is 0 Å². The van der Waals surface area contributed by atoms with E-state index in [0.717, 1.165) is 16.5 Å². The summed E-state index contributed by atoms with van der Waals surface area (Å²) in [6, 6.07) is 10.7. The molecule has 2 aromatic heterocycles. The summed E-state index contributed by atoms with van der Waals surface area (Å²) < 4.78 is 76.2. The fourth-order valence-corrected chi connectivity index (χ4v) is 3.62. The van der Waals surface area contributed by atoms with Crippen molar-refractivity contribution in [2.45, 2.75) is 70.9 Å². The van der Waals surface area contributed by atoms with Gasteiger partial charge in [0.2, 0.25) is 11.7 Å². The Kier molecular flexibility index (Phi) is 10.4. The molecule has 0 aliphatic carbocycles. The number of halogens is 6. The van der Waals surface area contributed by atoms with Gasteiger partial charge in [0.05, 0.1) is 0 Å². The summed E-state index contributed by atoms with van der Waals surface area (Å²) in [5.41, 5.74) is 0.859. The van der Waals surface area contributed by atoms with Gasteiger partial charge < -0.3 is 14.8 Å². The number of amides is 2. The first-order chi connectivity index (χ1) is 19.5. The SMILES string of the molecule is CC(C)(C)NC(=O)C(c1cccnc1)N(C(=O)c1ccc(C(F)(F)F)o1)c1ccc(C(C)(C)C)cc1.O=C(O)C(F)(F)F. The normalized spacial score (nSPS) is 12.9. The van der Waals surface area contributed by atoms with Crippen LogP contribution in [0.5, 0.6) is 0 Å². The molecule has 3 aromatic rings. The highest BCUT2D eigenvalue weighted by molar-refractivity contribution is 6.08. The largest absolute Gasteiger partial charge is 0.490 e. The van der Waals surface area contributed by atoms with Crippen LogP contribution in [-0.2, 0) is 21.2 Å². The van der Waals surface area contributed by atoms with E-state index in [1.54, 1.807) is 45.0 Å². The second-order valence-electron chi connectivity index (χ2n) is 11.4. The Morgan fingerprint density at radius 3 is 1.84 bits per heavy atom. The van der Waals surface area contributed by atoms with E-state index >= 15 is 0 Å². The fraction of sp³-hybridized carbons (Fsp3) is 0.379. The minimum Gasteiger partial charge on any atom is -0.475 e. The van der Waals surface area contributed by atoms with Crippen LogP contribution < -0.4 is 10.2 Å². The minimum atomic E-state index is -5.08. The predicted octanol–water partition coefficient (Wildman–Crippen LogP) is 6.93. The van der Waals surface area contributed by atoms with Crippen LogP contribution in [0.1, 0.15) is 75.0 Å². The first-order valence-corrected chi connectivity index (χ1v) is 12.7. The number of benzene rings is 1. The van der Waals surface area contributed by atoms with Gasteiger partial charge in [0.1, 0.15) is 6.04 Å². The summed E-state index contributed by atoms with van der Waals surface area (Å²) >= 11 is 0. The highest BCUT2D eigenvalue weighted by Crippen LogP contribution is 2.35. The number of furan rings is 1. The van der Waals surface area contributed by atoms with Gasteiger partial charge in [0.25, 0.3) is 5.91 Å². The van der Waals surface area contributed by atoms with Crippen LogP contribution in [-0.4, -0.2) is 39.6 Å². The second kappa shape index (κ2) is 12.9. The molecule has 0 saturated carbocycles.